The molecule has 1 heterocycles. The maximum Gasteiger partial charge on any atom is 0.277 e. The van der Waals surface area contributed by atoms with Gasteiger partial charge in [0, 0.05) is 9.58 Å². The zero-order chi connectivity index (χ0) is 21.4. The van der Waals surface area contributed by atoms with Crippen LogP contribution in [0.15, 0.2) is 32.9 Å². The lowest BCUT2D eigenvalue weighted by atomic mass is 10.1. The van der Waals surface area contributed by atoms with Gasteiger partial charge < -0.3 is 15.3 Å². The van der Waals surface area contributed by atoms with Crippen LogP contribution in [0.5, 0.6) is 0 Å². The van der Waals surface area contributed by atoms with Gasteiger partial charge in [0.15, 0.2) is 17.5 Å². The number of aliphatic hydroxyl groups is 1. The molecule has 2 rings (SSSR count). The molecule has 0 fully saturated rings. The van der Waals surface area contributed by atoms with Gasteiger partial charge >= 0.3 is 0 Å². The molecule has 0 aromatic heterocycles. The Kier molecular flexibility index (Phi) is 8.79. The summed E-state index contributed by atoms with van der Waals surface area (Å²) in [6, 6.07) is 1.02. The molecule has 29 heavy (non-hydrogen) atoms. The lowest BCUT2D eigenvalue weighted by Gasteiger charge is -2.16. The molecular weight excluding hydrogens is 506 g/mol. The Morgan fingerprint density at radius 2 is 2.10 bits per heavy atom. The number of oxime groups is 1. The minimum atomic E-state index is -1.40. The highest BCUT2D eigenvalue weighted by Gasteiger charge is 2.23. The first kappa shape index (κ1) is 23.0. The Hall–Kier alpha value is -2.25. The molecular formula is C18H19F3IN3O4. The highest BCUT2D eigenvalue weighted by Crippen LogP contribution is 2.29. The fourth-order valence-electron chi connectivity index (χ4n) is 2.03. The van der Waals surface area contributed by atoms with E-state index < -0.39 is 49.8 Å². The first-order valence-corrected chi connectivity index (χ1v) is 10.9. The van der Waals surface area contributed by atoms with Crippen LogP contribution in [0.1, 0.15) is 29.8 Å². The number of hydrogen-bond donors (Lipinski definition) is 3. The maximum absolute atomic E-state index is 14.8. The van der Waals surface area contributed by atoms with E-state index in [-0.39, 0.29) is 36.1 Å². The molecule has 0 saturated carbocycles. The van der Waals surface area contributed by atoms with Crippen molar-refractivity contribution in [1.82, 2.24) is 5.48 Å². The molecule has 0 radical (unpaired) electrons. The number of allylic oxidation sites excluding steroid dienone is 2. The number of carbonyl (C=O) groups excluding carboxylic acids is 1. The Morgan fingerprint density at radius 3 is 2.76 bits per heavy atom. The summed E-state index contributed by atoms with van der Waals surface area (Å²) >= 11 is -0.593. The van der Waals surface area contributed by atoms with Gasteiger partial charge in [0.2, 0.25) is 0 Å². The van der Waals surface area contributed by atoms with Crippen molar-refractivity contribution in [2.45, 2.75) is 20.0 Å². The number of hydroxylamine groups is 1. The standard InChI is InChI=1S/C18H19F3IN3O4/c1-10(2)29-23-9-11-7-12(18(27)25-28-6-5-26)17(16(21)15(11)20)24-14-3-4-22-8-13(14)19/h3-4,7-10,24,26H,5-6H2,1-2H3,(H,25,27)/b23-9+. The van der Waals surface area contributed by atoms with Gasteiger partial charge in [-0.3, -0.25) is 9.63 Å². The van der Waals surface area contributed by atoms with E-state index in [4.69, 9.17) is 14.8 Å². The summed E-state index contributed by atoms with van der Waals surface area (Å²) in [6.07, 6.45) is 2.03. The highest BCUT2D eigenvalue weighted by atomic mass is 127. The molecule has 0 bridgehead atoms. The number of carbonyl (C=O) groups is 1. The molecule has 1 aromatic carbocycles. The Morgan fingerprint density at radius 1 is 1.34 bits per heavy atom. The molecule has 1 amide bonds. The number of benzene rings is 1. The Bertz CT molecular complexity index is 886. The van der Waals surface area contributed by atoms with Gasteiger partial charge in [-0.05, 0) is 30.1 Å². The van der Waals surface area contributed by atoms with Crippen LogP contribution < -0.4 is 10.8 Å². The number of nitrogens with one attached hydrogen (secondary N) is 2. The smallest absolute Gasteiger partial charge is 0.277 e. The predicted octanol–water partition coefficient (Wildman–Crippen LogP) is 3.27. The number of halogens is 4. The van der Waals surface area contributed by atoms with Crippen LogP contribution in [-0.4, -0.2) is 40.6 Å². The van der Waals surface area contributed by atoms with Crippen LogP contribution in [-0.2, 0) is 9.68 Å². The van der Waals surface area contributed by atoms with Crippen molar-refractivity contribution in [1.29, 1.82) is 0 Å². The predicted molar refractivity (Wildman–Crippen MR) is 112 cm³/mol. The second kappa shape index (κ2) is 11.1. The third-order valence-corrected chi connectivity index (χ3v) is 4.96. The number of nitrogens with zero attached hydrogens (tertiary/aromatic N) is 1. The summed E-state index contributed by atoms with van der Waals surface area (Å²) < 4.78 is 46.3. The number of anilines is 1. The summed E-state index contributed by atoms with van der Waals surface area (Å²) in [5.74, 6) is -4.26. The molecule has 7 nitrogen and oxygen atoms in total. The lowest BCUT2D eigenvalue weighted by Crippen LogP contribution is -2.27. The van der Waals surface area contributed by atoms with Crippen molar-refractivity contribution in [2.75, 3.05) is 18.5 Å². The second-order valence-corrected chi connectivity index (χ2v) is 7.88. The highest BCUT2D eigenvalue weighted by molar-refractivity contribution is 14.2. The van der Waals surface area contributed by atoms with E-state index in [9.17, 15) is 18.0 Å². The van der Waals surface area contributed by atoms with E-state index in [0.29, 0.717) is 0 Å². The van der Waals surface area contributed by atoms with Crippen molar-refractivity contribution in [2.24, 2.45) is 5.16 Å². The van der Waals surface area contributed by atoms with Gasteiger partial charge in [-0.15, -0.1) is 0 Å². The van der Waals surface area contributed by atoms with Crippen LogP contribution >= 0.6 is 20.7 Å². The molecule has 0 saturated heterocycles. The van der Waals surface area contributed by atoms with Gasteiger partial charge in [0.1, 0.15) is 6.10 Å². The fraction of sp³-hybridized carbons (Fsp3) is 0.278. The molecule has 3 N–H and O–H groups in total. The summed E-state index contributed by atoms with van der Waals surface area (Å²) in [6.45, 7) is 2.81. The molecule has 0 spiro atoms. The van der Waals surface area contributed by atoms with Crippen LogP contribution in [0.2, 0.25) is 0 Å². The summed E-state index contributed by atoms with van der Waals surface area (Å²) in [5, 5.41) is 14.7. The van der Waals surface area contributed by atoms with Crippen molar-refractivity contribution in [3.63, 3.8) is 0 Å². The summed E-state index contributed by atoms with van der Waals surface area (Å²) in [5.41, 5.74) is 0.610. The number of hydrogen-bond acceptors (Lipinski definition) is 6. The van der Waals surface area contributed by atoms with E-state index in [1.165, 1.54) is 10.1 Å². The molecule has 0 atom stereocenters. The average molecular weight is 525 g/mol. The zero-order valence-corrected chi connectivity index (χ0v) is 17.7. The topological polar surface area (TPSA) is 92.2 Å². The van der Waals surface area contributed by atoms with Gasteiger partial charge in [0.25, 0.3) is 5.91 Å². The van der Waals surface area contributed by atoms with Gasteiger partial charge in [0.05, 0.1) is 36.4 Å². The van der Waals surface area contributed by atoms with Crippen LogP contribution in [0.3, 0.4) is 0 Å². The number of rotatable bonds is 9. The second-order valence-electron chi connectivity index (χ2n) is 5.82. The van der Waals surface area contributed by atoms with Crippen LogP contribution in [0.4, 0.5) is 18.9 Å². The van der Waals surface area contributed by atoms with E-state index in [1.54, 1.807) is 17.9 Å². The largest absolute Gasteiger partial charge is 0.394 e. The molecule has 0 unspecified atom stereocenters. The molecule has 1 aliphatic rings. The van der Waals surface area contributed by atoms with E-state index >= 15 is 0 Å². The third kappa shape index (κ3) is 6.37. The van der Waals surface area contributed by atoms with E-state index in [1.807, 2.05) is 5.48 Å². The van der Waals surface area contributed by atoms with Crippen molar-refractivity contribution >= 4 is 42.6 Å². The molecule has 1 aromatic rings. The third-order valence-electron chi connectivity index (χ3n) is 3.28. The number of amides is 1. The quantitative estimate of drug-likeness (QED) is 0.199. The molecule has 11 heteroatoms. The summed E-state index contributed by atoms with van der Waals surface area (Å²) in [4.78, 5) is 22.1. The molecule has 1 aliphatic heterocycles. The summed E-state index contributed by atoms with van der Waals surface area (Å²) in [7, 11) is 0. The SMILES string of the molecule is CC(C)O/N=C/c1cc(C(=O)NOCCO)c(NC2=C(F)C=IC=C2)c(F)c1F. The average Bonchev–Trinajstić information content (AvgIpc) is 2.68. The van der Waals surface area contributed by atoms with Crippen molar-refractivity contribution in [3.8, 4) is 0 Å². The first-order valence-electron chi connectivity index (χ1n) is 8.37. The Balaban J connectivity index is 2.47. The molecule has 158 valence electrons. The first-order chi connectivity index (χ1) is 13.8. The minimum absolute atomic E-state index is 0.107. The molecule has 0 aliphatic carbocycles. The minimum Gasteiger partial charge on any atom is -0.394 e. The zero-order valence-electron chi connectivity index (χ0n) is 15.5. The van der Waals surface area contributed by atoms with E-state index in [0.717, 1.165) is 12.3 Å². The van der Waals surface area contributed by atoms with Crippen LogP contribution in [0, 0.1) is 11.6 Å². The van der Waals surface area contributed by atoms with Gasteiger partial charge in [-0.2, -0.15) is 0 Å². The van der Waals surface area contributed by atoms with Crippen molar-refractivity contribution < 1.29 is 32.7 Å². The number of aliphatic hydroxyl groups excluding tert-OH is 1. The van der Waals surface area contributed by atoms with E-state index in [2.05, 4.69) is 10.5 Å². The fourth-order valence-corrected chi connectivity index (χ4v) is 3.46. The van der Waals surface area contributed by atoms with Crippen LogP contribution in [0.25, 0.3) is 0 Å². The normalized spacial score (nSPS) is 13.8. The lowest BCUT2D eigenvalue weighted by molar-refractivity contribution is 0.0168. The maximum atomic E-state index is 14.8. The van der Waals surface area contributed by atoms with Gasteiger partial charge in [-0.25, -0.2) is 18.7 Å². The monoisotopic (exact) mass is 525 g/mol. The van der Waals surface area contributed by atoms with Gasteiger partial charge in [-0.1, -0.05) is 25.9 Å². The van der Waals surface area contributed by atoms with Crippen molar-refractivity contribution in [3.05, 3.63) is 50.5 Å². The Labute approximate surface area is 175 Å².